The van der Waals surface area contributed by atoms with Crippen molar-refractivity contribution in [2.45, 2.75) is 6.04 Å². The molecule has 0 aliphatic carbocycles. The third-order valence-electron chi connectivity index (χ3n) is 2.11. The summed E-state index contributed by atoms with van der Waals surface area (Å²) in [5.74, 6) is -4.11. The van der Waals surface area contributed by atoms with Crippen LogP contribution in [-0.2, 0) is 4.74 Å². The third kappa shape index (κ3) is 1.62. The number of halogens is 3. The molecule has 0 aromatic heterocycles. The van der Waals surface area contributed by atoms with E-state index in [-0.39, 0.29) is 12.2 Å². The second kappa shape index (κ2) is 3.45. The summed E-state index contributed by atoms with van der Waals surface area (Å²) >= 11 is 0. The van der Waals surface area contributed by atoms with Gasteiger partial charge in [0, 0.05) is 5.56 Å². The molecular weight excluding hydrogens is 211 g/mol. The van der Waals surface area contributed by atoms with Gasteiger partial charge in [-0.2, -0.15) is 0 Å². The average molecular weight is 217 g/mol. The quantitative estimate of drug-likeness (QED) is 0.729. The fourth-order valence-corrected chi connectivity index (χ4v) is 1.36. The summed E-state index contributed by atoms with van der Waals surface area (Å²) in [6.07, 6.45) is -0.705. The van der Waals surface area contributed by atoms with Gasteiger partial charge in [0.05, 0.1) is 6.04 Å². The lowest BCUT2D eigenvalue weighted by Gasteiger charge is -2.09. The van der Waals surface area contributed by atoms with E-state index >= 15 is 0 Å². The molecule has 1 aromatic carbocycles. The van der Waals surface area contributed by atoms with Gasteiger partial charge in [-0.15, -0.1) is 0 Å². The Morgan fingerprint density at radius 2 is 2.00 bits per heavy atom. The average Bonchev–Trinajstić information content (AvgIpc) is 2.61. The van der Waals surface area contributed by atoms with Crippen molar-refractivity contribution in [3.63, 3.8) is 0 Å². The predicted molar refractivity (Wildman–Crippen MR) is 43.5 cm³/mol. The standard InChI is InChI=1S/C9H6F3NO2/c10-5-2-1-4(7(11)8(5)12)6-3-15-9(14)13-6/h1-2,6H,3H2,(H,13,14). The van der Waals surface area contributed by atoms with E-state index in [1.807, 2.05) is 0 Å². The monoisotopic (exact) mass is 217 g/mol. The summed E-state index contributed by atoms with van der Waals surface area (Å²) in [6.45, 7) is -0.0964. The molecule has 3 nitrogen and oxygen atoms in total. The van der Waals surface area contributed by atoms with E-state index in [1.165, 1.54) is 0 Å². The highest BCUT2D eigenvalue weighted by molar-refractivity contribution is 5.70. The topological polar surface area (TPSA) is 38.3 Å². The van der Waals surface area contributed by atoms with Crippen LogP contribution < -0.4 is 5.32 Å². The van der Waals surface area contributed by atoms with Crippen molar-refractivity contribution in [2.75, 3.05) is 6.61 Å². The van der Waals surface area contributed by atoms with Gasteiger partial charge in [0.2, 0.25) is 0 Å². The lowest BCUT2D eigenvalue weighted by Crippen LogP contribution is -2.20. The van der Waals surface area contributed by atoms with Gasteiger partial charge in [0.15, 0.2) is 17.5 Å². The lowest BCUT2D eigenvalue weighted by atomic mass is 10.1. The fourth-order valence-electron chi connectivity index (χ4n) is 1.36. The molecular formula is C9H6F3NO2. The zero-order valence-corrected chi connectivity index (χ0v) is 7.39. The van der Waals surface area contributed by atoms with Crippen LogP contribution in [0.5, 0.6) is 0 Å². The molecule has 1 aromatic rings. The number of carbonyl (C=O) groups is 1. The molecule has 80 valence electrons. The largest absolute Gasteiger partial charge is 0.447 e. The highest BCUT2D eigenvalue weighted by Crippen LogP contribution is 2.24. The van der Waals surface area contributed by atoms with Gasteiger partial charge in [-0.05, 0) is 6.07 Å². The molecule has 0 saturated carbocycles. The molecule has 15 heavy (non-hydrogen) atoms. The Balaban J connectivity index is 2.37. The van der Waals surface area contributed by atoms with E-state index in [9.17, 15) is 18.0 Å². The summed E-state index contributed by atoms with van der Waals surface area (Å²) in [4.78, 5) is 10.7. The molecule has 1 heterocycles. The van der Waals surface area contributed by atoms with Crippen molar-refractivity contribution in [2.24, 2.45) is 0 Å². The molecule has 0 radical (unpaired) electrons. The Bertz CT molecular complexity index is 422. The SMILES string of the molecule is O=C1NC(c2ccc(F)c(F)c2F)CO1. The number of carbonyl (C=O) groups excluding carboxylic acids is 1. The van der Waals surface area contributed by atoms with Gasteiger partial charge in [0.25, 0.3) is 0 Å². The van der Waals surface area contributed by atoms with Crippen LogP contribution in [0.2, 0.25) is 0 Å². The van der Waals surface area contributed by atoms with Crippen molar-refractivity contribution in [1.29, 1.82) is 0 Å². The number of amides is 1. The summed E-state index contributed by atoms with van der Waals surface area (Å²) < 4.78 is 43.2. The smallest absolute Gasteiger partial charge is 0.407 e. The van der Waals surface area contributed by atoms with Crippen molar-refractivity contribution in [1.82, 2.24) is 5.32 Å². The molecule has 1 fully saturated rings. The van der Waals surface area contributed by atoms with Crippen LogP contribution in [-0.4, -0.2) is 12.7 Å². The zero-order valence-electron chi connectivity index (χ0n) is 7.39. The van der Waals surface area contributed by atoms with Crippen LogP contribution >= 0.6 is 0 Å². The maximum atomic E-state index is 13.2. The maximum Gasteiger partial charge on any atom is 0.407 e. The Morgan fingerprint density at radius 1 is 1.27 bits per heavy atom. The molecule has 0 spiro atoms. The summed E-state index contributed by atoms with van der Waals surface area (Å²) in [5.41, 5.74) is -0.125. The minimum Gasteiger partial charge on any atom is -0.447 e. The molecule has 1 atom stereocenters. The van der Waals surface area contributed by atoms with Gasteiger partial charge in [-0.25, -0.2) is 18.0 Å². The molecule has 1 aliphatic heterocycles. The number of rotatable bonds is 1. The normalized spacial score (nSPS) is 19.9. The van der Waals surface area contributed by atoms with Crippen molar-refractivity contribution >= 4 is 6.09 Å². The Kier molecular flexibility index (Phi) is 2.26. The molecule has 1 amide bonds. The second-order valence-corrected chi connectivity index (χ2v) is 3.06. The van der Waals surface area contributed by atoms with Crippen LogP contribution in [0.15, 0.2) is 12.1 Å². The van der Waals surface area contributed by atoms with Gasteiger partial charge in [-0.1, -0.05) is 6.07 Å². The Hall–Kier alpha value is -1.72. The Morgan fingerprint density at radius 3 is 2.60 bits per heavy atom. The van der Waals surface area contributed by atoms with E-state index in [0.29, 0.717) is 0 Å². The summed E-state index contributed by atoms with van der Waals surface area (Å²) in [6, 6.07) is 1.11. The predicted octanol–water partition coefficient (Wildman–Crippen LogP) is 1.88. The first-order valence-corrected chi connectivity index (χ1v) is 4.16. The third-order valence-corrected chi connectivity index (χ3v) is 2.11. The molecule has 1 unspecified atom stereocenters. The molecule has 2 rings (SSSR count). The first kappa shape index (κ1) is 9.82. The summed E-state index contributed by atoms with van der Waals surface area (Å²) in [5, 5.41) is 2.27. The van der Waals surface area contributed by atoms with Gasteiger partial charge >= 0.3 is 6.09 Å². The van der Waals surface area contributed by atoms with Gasteiger partial charge < -0.3 is 10.1 Å². The van der Waals surface area contributed by atoms with E-state index in [4.69, 9.17) is 0 Å². The molecule has 6 heteroatoms. The number of nitrogens with one attached hydrogen (secondary N) is 1. The number of hydrogen-bond acceptors (Lipinski definition) is 2. The van der Waals surface area contributed by atoms with Crippen LogP contribution in [0, 0.1) is 17.5 Å². The summed E-state index contributed by atoms with van der Waals surface area (Å²) in [7, 11) is 0. The van der Waals surface area contributed by atoms with E-state index < -0.39 is 29.6 Å². The minimum absolute atomic E-state index is 0.0964. The van der Waals surface area contributed by atoms with Crippen molar-refractivity contribution < 1.29 is 22.7 Å². The van der Waals surface area contributed by atoms with E-state index in [2.05, 4.69) is 10.1 Å². The molecule has 0 bridgehead atoms. The highest BCUT2D eigenvalue weighted by atomic mass is 19.2. The van der Waals surface area contributed by atoms with Crippen LogP contribution in [0.1, 0.15) is 11.6 Å². The zero-order chi connectivity index (χ0) is 11.0. The van der Waals surface area contributed by atoms with Crippen LogP contribution in [0.25, 0.3) is 0 Å². The molecule has 1 N–H and O–H groups in total. The van der Waals surface area contributed by atoms with E-state index in [0.717, 1.165) is 12.1 Å². The van der Waals surface area contributed by atoms with Crippen molar-refractivity contribution in [3.05, 3.63) is 35.1 Å². The number of benzene rings is 1. The first-order chi connectivity index (χ1) is 7.09. The fraction of sp³-hybridized carbons (Fsp3) is 0.222. The minimum atomic E-state index is -1.55. The van der Waals surface area contributed by atoms with Crippen LogP contribution in [0.4, 0.5) is 18.0 Å². The Labute approximate surface area is 82.8 Å². The van der Waals surface area contributed by atoms with Crippen LogP contribution in [0.3, 0.4) is 0 Å². The highest BCUT2D eigenvalue weighted by Gasteiger charge is 2.28. The van der Waals surface area contributed by atoms with E-state index in [1.54, 1.807) is 0 Å². The van der Waals surface area contributed by atoms with Crippen molar-refractivity contribution in [3.8, 4) is 0 Å². The second-order valence-electron chi connectivity index (χ2n) is 3.06. The lowest BCUT2D eigenvalue weighted by molar-refractivity contribution is 0.176. The first-order valence-electron chi connectivity index (χ1n) is 4.16. The number of alkyl carbamates (subject to hydrolysis) is 1. The number of cyclic esters (lactones) is 1. The maximum absolute atomic E-state index is 13.2. The molecule has 1 aliphatic rings. The molecule has 1 saturated heterocycles. The van der Waals surface area contributed by atoms with Gasteiger partial charge in [-0.3, -0.25) is 0 Å². The number of ether oxygens (including phenoxy) is 1. The van der Waals surface area contributed by atoms with Gasteiger partial charge in [0.1, 0.15) is 6.61 Å². The number of hydrogen-bond donors (Lipinski definition) is 1.